The second kappa shape index (κ2) is 7.46. The van der Waals surface area contributed by atoms with Crippen LogP contribution in [0.2, 0.25) is 0 Å². The van der Waals surface area contributed by atoms with Crippen molar-refractivity contribution in [3.05, 3.63) is 0 Å². The second-order valence-electron chi connectivity index (χ2n) is 6.16. The van der Waals surface area contributed by atoms with E-state index in [0.29, 0.717) is 0 Å². The van der Waals surface area contributed by atoms with Gasteiger partial charge in [-0.2, -0.15) is 0 Å². The lowest BCUT2D eigenvalue weighted by molar-refractivity contribution is 0.118. The number of hydrogen-bond donors (Lipinski definition) is 1. The Balaban J connectivity index is 1.62. The van der Waals surface area contributed by atoms with Crippen LogP contribution >= 0.6 is 0 Å². The van der Waals surface area contributed by atoms with E-state index < -0.39 is 0 Å². The molecule has 106 valence electrons. The molecule has 0 aromatic carbocycles. The maximum atomic E-state index is 5.11. The quantitative estimate of drug-likeness (QED) is 0.682. The number of nitrogens with zero attached hydrogens (tertiary/aromatic N) is 1. The van der Waals surface area contributed by atoms with Crippen LogP contribution in [0.1, 0.15) is 38.5 Å². The molecule has 2 saturated carbocycles. The molecule has 18 heavy (non-hydrogen) atoms. The van der Waals surface area contributed by atoms with Gasteiger partial charge < -0.3 is 15.0 Å². The van der Waals surface area contributed by atoms with Gasteiger partial charge in [0.05, 0.1) is 6.61 Å². The van der Waals surface area contributed by atoms with E-state index in [4.69, 9.17) is 4.74 Å². The zero-order valence-corrected chi connectivity index (χ0v) is 12.2. The first-order chi connectivity index (χ1) is 8.81. The SMILES string of the molecule is COCCN(C)CCNC(C1CCC1)C1CCC1. The standard InChI is InChI=1S/C15H30N2O/c1-17(11-12-18-2)10-9-16-15(13-5-3-6-13)14-7-4-8-14/h13-16H,3-12H2,1-2H3. The molecule has 0 aliphatic heterocycles. The molecule has 2 aliphatic carbocycles. The van der Waals surface area contributed by atoms with Gasteiger partial charge in [0.1, 0.15) is 0 Å². The van der Waals surface area contributed by atoms with Gasteiger partial charge in [-0.1, -0.05) is 12.8 Å². The molecule has 0 amide bonds. The van der Waals surface area contributed by atoms with Crippen LogP contribution in [-0.2, 0) is 4.74 Å². The smallest absolute Gasteiger partial charge is 0.0589 e. The summed E-state index contributed by atoms with van der Waals surface area (Å²) >= 11 is 0. The molecule has 0 radical (unpaired) electrons. The number of rotatable bonds is 9. The van der Waals surface area contributed by atoms with E-state index in [2.05, 4.69) is 17.3 Å². The minimum atomic E-state index is 0.823. The molecule has 0 spiro atoms. The summed E-state index contributed by atoms with van der Waals surface area (Å²) in [6, 6.07) is 0.823. The van der Waals surface area contributed by atoms with Crippen LogP contribution in [0.25, 0.3) is 0 Å². The third-order valence-electron chi connectivity index (χ3n) is 4.87. The molecule has 0 saturated heterocycles. The number of nitrogens with one attached hydrogen (secondary N) is 1. The molecule has 3 nitrogen and oxygen atoms in total. The van der Waals surface area contributed by atoms with Crippen molar-refractivity contribution in [3.63, 3.8) is 0 Å². The third kappa shape index (κ3) is 3.94. The Morgan fingerprint density at radius 2 is 1.72 bits per heavy atom. The molecule has 2 rings (SSSR count). The number of ether oxygens (including phenoxy) is 1. The molecule has 3 heteroatoms. The Kier molecular flexibility index (Phi) is 5.93. The Bertz CT molecular complexity index is 213. The third-order valence-corrected chi connectivity index (χ3v) is 4.87. The Labute approximate surface area is 112 Å². The fourth-order valence-electron chi connectivity index (χ4n) is 3.10. The maximum absolute atomic E-state index is 5.11. The summed E-state index contributed by atoms with van der Waals surface area (Å²) < 4.78 is 5.11. The summed E-state index contributed by atoms with van der Waals surface area (Å²) in [6.07, 6.45) is 8.79. The average molecular weight is 254 g/mol. The van der Waals surface area contributed by atoms with E-state index in [1.54, 1.807) is 7.11 Å². The molecule has 0 unspecified atom stereocenters. The highest BCUT2D eigenvalue weighted by Crippen LogP contribution is 2.39. The lowest BCUT2D eigenvalue weighted by Crippen LogP contribution is -2.49. The van der Waals surface area contributed by atoms with E-state index in [-0.39, 0.29) is 0 Å². The molecule has 2 aliphatic rings. The van der Waals surface area contributed by atoms with E-state index in [9.17, 15) is 0 Å². The van der Waals surface area contributed by atoms with Crippen LogP contribution < -0.4 is 5.32 Å². The van der Waals surface area contributed by atoms with Gasteiger partial charge in [-0.15, -0.1) is 0 Å². The van der Waals surface area contributed by atoms with Crippen LogP contribution in [-0.4, -0.2) is 51.3 Å². The van der Waals surface area contributed by atoms with E-state index >= 15 is 0 Å². The largest absolute Gasteiger partial charge is 0.383 e. The zero-order valence-electron chi connectivity index (χ0n) is 12.2. The highest BCUT2D eigenvalue weighted by Gasteiger charge is 2.35. The van der Waals surface area contributed by atoms with Gasteiger partial charge in [0.25, 0.3) is 0 Å². The van der Waals surface area contributed by atoms with Gasteiger partial charge in [-0.3, -0.25) is 0 Å². The van der Waals surface area contributed by atoms with Crippen molar-refractivity contribution >= 4 is 0 Å². The van der Waals surface area contributed by atoms with Crippen LogP contribution in [0.4, 0.5) is 0 Å². The van der Waals surface area contributed by atoms with Crippen molar-refractivity contribution < 1.29 is 4.74 Å². The van der Waals surface area contributed by atoms with Gasteiger partial charge in [0.15, 0.2) is 0 Å². The zero-order chi connectivity index (χ0) is 12.8. The molecule has 2 fully saturated rings. The van der Waals surface area contributed by atoms with Gasteiger partial charge in [-0.25, -0.2) is 0 Å². The summed E-state index contributed by atoms with van der Waals surface area (Å²) in [5.41, 5.74) is 0. The fourth-order valence-corrected chi connectivity index (χ4v) is 3.10. The highest BCUT2D eigenvalue weighted by molar-refractivity contribution is 4.91. The Morgan fingerprint density at radius 3 is 2.17 bits per heavy atom. The average Bonchev–Trinajstić information content (AvgIpc) is 2.21. The van der Waals surface area contributed by atoms with Crippen molar-refractivity contribution in [1.29, 1.82) is 0 Å². The second-order valence-corrected chi connectivity index (χ2v) is 6.16. The van der Waals surface area contributed by atoms with Crippen LogP contribution in [0, 0.1) is 11.8 Å². The van der Waals surface area contributed by atoms with Gasteiger partial charge in [0, 0.05) is 32.8 Å². The minimum absolute atomic E-state index is 0.823. The van der Waals surface area contributed by atoms with Crippen molar-refractivity contribution in [1.82, 2.24) is 10.2 Å². The van der Waals surface area contributed by atoms with Gasteiger partial charge >= 0.3 is 0 Å². The number of hydrogen-bond acceptors (Lipinski definition) is 3. The first kappa shape index (κ1) is 14.3. The number of likely N-dealkylation sites (N-methyl/N-ethyl adjacent to an activating group) is 1. The Morgan fingerprint density at radius 1 is 1.11 bits per heavy atom. The van der Waals surface area contributed by atoms with Crippen molar-refractivity contribution in [2.45, 2.75) is 44.6 Å². The topological polar surface area (TPSA) is 24.5 Å². The van der Waals surface area contributed by atoms with Crippen LogP contribution in [0.5, 0.6) is 0 Å². The predicted molar refractivity (Wildman–Crippen MR) is 75.8 cm³/mol. The maximum Gasteiger partial charge on any atom is 0.0589 e. The summed E-state index contributed by atoms with van der Waals surface area (Å²) in [7, 11) is 3.96. The monoisotopic (exact) mass is 254 g/mol. The van der Waals surface area contributed by atoms with E-state index in [1.165, 1.54) is 38.5 Å². The first-order valence-corrected chi connectivity index (χ1v) is 7.72. The molecular formula is C15H30N2O. The highest BCUT2D eigenvalue weighted by atomic mass is 16.5. The predicted octanol–water partition coefficient (Wildman–Crippen LogP) is 2.12. The normalized spacial score (nSPS) is 21.3. The molecule has 1 N–H and O–H groups in total. The molecule has 0 aromatic rings. The lowest BCUT2D eigenvalue weighted by Gasteiger charge is -2.43. The molecule has 0 bridgehead atoms. The van der Waals surface area contributed by atoms with E-state index in [0.717, 1.165) is 44.1 Å². The lowest BCUT2D eigenvalue weighted by atomic mass is 9.68. The number of methoxy groups -OCH3 is 1. The van der Waals surface area contributed by atoms with Crippen molar-refractivity contribution in [3.8, 4) is 0 Å². The summed E-state index contributed by atoms with van der Waals surface area (Å²) in [4.78, 5) is 2.36. The van der Waals surface area contributed by atoms with Crippen molar-refractivity contribution in [2.75, 3.05) is 40.4 Å². The summed E-state index contributed by atoms with van der Waals surface area (Å²) in [6.45, 7) is 4.15. The van der Waals surface area contributed by atoms with E-state index in [1.807, 2.05) is 0 Å². The van der Waals surface area contributed by atoms with Gasteiger partial charge in [0.2, 0.25) is 0 Å². The molecule has 0 heterocycles. The molecule has 0 aromatic heterocycles. The van der Waals surface area contributed by atoms with Crippen molar-refractivity contribution in [2.24, 2.45) is 11.8 Å². The molecular weight excluding hydrogens is 224 g/mol. The Hall–Kier alpha value is -0.120. The minimum Gasteiger partial charge on any atom is -0.383 e. The van der Waals surface area contributed by atoms with Crippen LogP contribution in [0.15, 0.2) is 0 Å². The first-order valence-electron chi connectivity index (χ1n) is 7.72. The van der Waals surface area contributed by atoms with Crippen LogP contribution in [0.3, 0.4) is 0 Å². The summed E-state index contributed by atoms with van der Waals surface area (Å²) in [5, 5.41) is 3.85. The van der Waals surface area contributed by atoms with Gasteiger partial charge in [-0.05, 0) is 44.6 Å². The summed E-state index contributed by atoms with van der Waals surface area (Å²) in [5.74, 6) is 1.97. The fraction of sp³-hybridized carbons (Fsp3) is 1.00. The molecule has 0 atom stereocenters.